The number of carbonyl (C=O) groups is 2. The topological polar surface area (TPSA) is 58.4 Å². The van der Waals surface area contributed by atoms with E-state index >= 15 is 0 Å². The van der Waals surface area contributed by atoms with Crippen LogP contribution in [0.3, 0.4) is 0 Å². The Bertz CT molecular complexity index is 857. The lowest BCUT2D eigenvalue weighted by Gasteiger charge is -2.36. The van der Waals surface area contributed by atoms with Crippen molar-refractivity contribution in [2.45, 2.75) is 51.5 Å². The molecule has 0 bridgehead atoms. The van der Waals surface area contributed by atoms with Gasteiger partial charge in [0.2, 0.25) is 11.8 Å². The zero-order valence-electron chi connectivity index (χ0n) is 17.9. The molecule has 6 heteroatoms. The van der Waals surface area contributed by atoms with Gasteiger partial charge in [-0.3, -0.25) is 9.59 Å². The van der Waals surface area contributed by atoms with Crippen LogP contribution in [0.1, 0.15) is 50.5 Å². The normalized spacial score (nSPS) is 20.4. The van der Waals surface area contributed by atoms with Crippen LogP contribution in [0.15, 0.2) is 42.7 Å². The smallest absolute Gasteiger partial charge is 0.227 e. The standard InChI is InChI=1S/C24H32N4O2/c1-26(15-20-14-25-28(17-20)22-10-6-3-7-11-22)24(30)21-12-13-23(29)27(18-21)16-19-8-4-2-5-9-19/h3,6-7,10-11,14,17,19,21H,2,4-5,8-9,12-13,15-16,18H2,1H3. The van der Waals surface area contributed by atoms with Crippen molar-refractivity contribution in [3.05, 3.63) is 48.3 Å². The van der Waals surface area contributed by atoms with E-state index in [4.69, 9.17) is 0 Å². The van der Waals surface area contributed by atoms with Crippen LogP contribution in [0.25, 0.3) is 5.69 Å². The van der Waals surface area contributed by atoms with E-state index in [-0.39, 0.29) is 17.7 Å². The molecule has 1 aromatic heterocycles. The molecule has 2 fully saturated rings. The molecule has 2 amide bonds. The van der Waals surface area contributed by atoms with Crippen molar-refractivity contribution in [2.24, 2.45) is 11.8 Å². The second-order valence-electron chi connectivity index (χ2n) is 8.86. The zero-order chi connectivity index (χ0) is 20.9. The van der Waals surface area contributed by atoms with E-state index in [2.05, 4.69) is 5.10 Å². The van der Waals surface area contributed by atoms with Gasteiger partial charge in [-0.1, -0.05) is 37.5 Å². The van der Waals surface area contributed by atoms with Gasteiger partial charge in [0, 0.05) is 44.9 Å². The number of rotatable bonds is 6. The number of para-hydroxylation sites is 1. The zero-order valence-corrected chi connectivity index (χ0v) is 17.9. The fourth-order valence-corrected chi connectivity index (χ4v) is 4.80. The van der Waals surface area contributed by atoms with Gasteiger partial charge in [0.1, 0.15) is 0 Å². The predicted octanol–water partition coefficient (Wildman–Crippen LogP) is 3.65. The van der Waals surface area contributed by atoms with Crippen LogP contribution in [0.2, 0.25) is 0 Å². The molecule has 1 saturated carbocycles. The van der Waals surface area contributed by atoms with Crippen molar-refractivity contribution in [3.63, 3.8) is 0 Å². The summed E-state index contributed by atoms with van der Waals surface area (Å²) in [6.45, 7) is 1.93. The minimum Gasteiger partial charge on any atom is -0.342 e. The molecule has 2 heterocycles. The van der Waals surface area contributed by atoms with Crippen LogP contribution in [0, 0.1) is 11.8 Å². The van der Waals surface area contributed by atoms with E-state index in [1.165, 1.54) is 32.1 Å². The van der Waals surface area contributed by atoms with Crippen molar-refractivity contribution in [1.29, 1.82) is 0 Å². The Morgan fingerprint density at radius 3 is 2.67 bits per heavy atom. The number of piperidine rings is 1. The number of aromatic nitrogens is 2. The largest absolute Gasteiger partial charge is 0.342 e. The van der Waals surface area contributed by atoms with Crippen LogP contribution in [0.4, 0.5) is 0 Å². The van der Waals surface area contributed by atoms with Gasteiger partial charge in [0.15, 0.2) is 0 Å². The first-order valence-corrected chi connectivity index (χ1v) is 11.2. The second kappa shape index (κ2) is 9.45. The van der Waals surface area contributed by atoms with Crippen LogP contribution in [-0.2, 0) is 16.1 Å². The molecular weight excluding hydrogens is 376 g/mol. The molecule has 160 valence electrons. The van der Waals surface area contributed by atoms with Crippen LogP contribution in [0.5, 0.6) is 0 Å². The van der Waals surface area contributed by atoms with Crippen molar-refractivity contribution in [2.75, 3.05) is 20.1 Å². The van der Waals surface area contributed by atoms with Crippen LogP contribution >= 0.6 is 0 Å². The molecule has 2 aromatic rings. The van der Waals surface area contributed by atoms with Gasteiger partial charge in [-0.2, -0.15) is 5.10 Å². The fourth-order valence-electron chi connectivity index (χ4n) is 4.80. The lowest BCUT2D eigenvalue weighted by molar-refractivity contribution is -0.143. The molecule has 2 aliphatic rings. The molecule has 0 spiro atoms. The summed E-state index contributed by atoms with van der Waals surface area (Å²) >= 11 is 0. The lowest BCUT2D eigenvalue weighted by atomic mass is 9.87. The van der Waals surface area contributed by atoms with E-state index in [9.17, 15) is 9.59 Å². The molecule has 1 unspecified atom stereocenters. The first-order valence-electron chi connectivity index (χ1n) is 11.2. The highest BCUT2D eigenvalue weighted by Gasteiger charge is 2.33. The summed E-state index contributed by atoms with van der Waals surface area (Å²) in [5, 5.41) is 4.42. The minimum absolute atomic E-state index is 0.0968. The Labute approximate surface area is 178 Å². The van der Waals surface area contributed by atoms with Gasteiger partial charge in [-0.25, -0.2) is 4.68 Å². The number of amides is 2. The molecule has 1 aliphatic heterocycles. The summed E-state index contributed by atoms with van der Waals surface area (Å²) in [6.07, 6.45) is 11.2. The van der Waals surface area contributed by atoms with Gasteiger partial charge >= 0.3 is 0 Å². The number of nitrogens with zero attached hydrogens (tertiary/aromatic N) is 4. The third-order valence-electron chi connectivity index (χ3n) is 6.51. The van der Waals surface area contributed by atoms with Crippen molar-refractivity contribution >= 4 is 11.8 Å². The number of hydrogen-bond donors (Lipinski definition) is 0. The van der Waals surface area contributed by atoms with Crippen LogP contribution in [-0.4, -0.2) is 51.5 Å². The Morgan fingerprint density at radius 2 is 1.90 bits per heavy atom. The number of benzene rings is 1. The summed E-state index contributed by atoms with van der Waals surface area (Å²) in [6, 6.07) is 9.95. The highest BCUT2D eigenvalue weighted by Crippen LogP contribution is 2.27. The highest BCUT2D eigenvalue weighted by molar-refractivity contribution is 5.83. The summed E-state index contributed by atoms with van der Waals surface area (Å²) in [7, 11) is 1.85. The molecule has 1 aliphatic carbocycles. The third kappa shape index (κ3) is 4.91. The van der Waals surface area contributed by atoms with Crippen molar-refractivity contribution in [3.8, 4) is 5.69 Å². The first kappa shape index (κ1) is 20.6. The SMILES string of the molecule is CN(Cc1cnn(-c2ccccc2)c1)C(=O)C1CCC(=O)N(CC2CCCCC2)C1. The molecule has 0 N–H and O–H groups in total. The van der Waals surface area contributed by atoms with E-state index < -0.39 is 0 Å². The van der Waals surface area contributed by atoms with E-state index in [0.717, 1.165) is 17.8 Å². The average Bonchev–Trinajstić information content (AvgIpc) is 3.24. The molecule has 30 heavy (non-hydrogen) atoms. The van der Waals surface area contributed by atoms with Gasteiger partial charge in [0.05, 0.1) is 17.8 Å². The van der Waals surface area contributed by atoms with Crippen LogP contribution < -0.4 is 0 Å². The minimum atomic E-state index is -0.0968. The monoisotopic (exact) mass is 408 g/mol. The maximum Gasteiger partial charge on any atom is 0.227 e. The predicted molar refractivity (Wildman–Crippen MR) is 116 cm³/mol. The van der Waals surface area contributed by atoms with E-state index in [0.29, 0.717) is 31.8 Å². The van der Waals surface area contributed by atoms with Crippen molar-refractivity contribution < 1.29 is 9.59 Å². The van der Waals surface area contributed by atoms with E-state index in [1.807, 2.05) is 59.4 Å². The van der Waals surface area contributed by atoms with Crippen molar-refractivity contribution in [1.82, 2.24) is 19.6 Å². The number of likely N-dealkylation sites (tertiary alicyclic amines) is 1. The molecule has 1 saturated heterocycles. The fraction of sp³-hybridized carbons (Fsp3) is 0.542. The van der Waals surface area contributed by atoms with E-state index in [1.54, 1.807) is 4.90 Å². The number of hydrogen-bond acceptors (Lipinski definition) is 3. The summed E-state index contributed by atoms with van der Waals surface area (Å²) in [5.41, 5.74) is 2.00. The third-order valence-corrected chi connectivity index (χ3v) is 6.51. The Morgan fingerprint density at radius 1 is 1.13 bits per heavy atom. The Hall–Kier alpha value is -2.63. The molecule has 0 radical (unpaired) electrons. The quantitative estimate of drug-likeness (QED) is 0.733. The summed E-state index contributed by atoms with van der Waals surface area (Å²) in [4.78, 5) is 29.3. The maximum absolute atomic E-state index is 13.1. The lowest BCUT2D eigenvalue weighted by Crippen LogP contribution is -2.47. The first-order chi connectivity index (χ1) is 14.6. The molecule has 4 rings (SSSR count). The Kier molecular flexibility index (Phi) is 6.50. The van der Waals surface area contributed by atoms with Gasteiger partial charge in [-0.05, 0) is 37.3 Å². The molecule has 6 nitrogen and oxygen atoms in total. The molecule has 1 atom stereocenters. The van der Waals surface area contributed by atoms with Gasteiger partial charge in [-0.15, -0.1) is 0 Å². The summed E-state index contributed by atoms with van der Waals surface area (Å²) < 4.78 is 1.83. The number of carbonyl (C=O) groups excluding carboxylic acids is 2. The average molecular weight is 409 g/mol. The molecular formula is C24H32N4O2. The van der Waals surface area contributed by atoms with Gasteiger partial charge < -0.3 is 9.80 Å². The second-order valence-corrected chi connectivity index (χ2v) is 8.86. The Balaban J connectivity index is 1.34. The molecule has 1 aromatic carbocycles. The maximum atomic E-state index is 13.1. The van der Waals surface area contributed by atoms with Gasteiger partial charge in [0.25, 0.3) is 0 Å². The highest BCUT2D eigenvalue weighted by atomic mass is 16.2. The summed E-state index contributed by atoms with van der Waals surface area (Å²) in [5.74, 6) is 0.860.